The predicted octanol–water partition coefficient (Wildman–Crippen LogP) is 3.56. The first kappa shape index (κ1) is 15.7. The van der Waals surface area contributed by atoms with Gasteiger partial charge in [-0.2, -0.15) is 0 Å². The summed E-state index contributed by atoms with van der Waals surface area (Å²) in [5.74, 6) is 0.421. The van der Waals surface area contributed by atoms with Gasteiger partial charge in [0.1, 0.15) is 0 Å². The normalized spacial score (nSPS) is 14.1. The van der Waals surface area contributed by atoms with E-state index in [1.54, 1.807) is 0 Å². The maximum atomic E-state index is 6.06. The van der Waals surface area contributed by atoms with Gasteiger partial charge in [-0.15, -0.1) is 0 Å². The number of hydrogen-bond acceptors (Lipinski definition) is 2. The molecule has 0 radical (unpaired) electrons. The molecular weight excluding hydrogens is 256 g/mol. The Morgan fingerprint density at radius 2 is 1.62 bits per heavy atom. The highest BCUT2D eigenvalue weighted by atomic mass is 15.1. The maximum Gasteiger partial charge on any atom is 0.0284 e. The van der Waals surface area contributed by atoms with Gasteiger partial charge in [0.15, 0.2) is 0 Å². The van der Waals surface area contributed by atoms with E-state index in [4.69, 9.17) is 5.73 Å². The molecule has 0 aliphatic heterocycles. The molecule has 2 unspecified atom stereocenters. The molecule has 0 aliphatic carbocycles. The van der Waals surface area contributed by atoms with Crippen LogP contribution >= 0.6 is 0 Å². The summed E-state index contributed by atoms with van der Waals surface area (Å²) in [5, 5.41) is 0. The van der Waals surface area contributed by atoms with E-state index in [1.807, 2.05) is 0 Å². The molecule has 0 saturated carbocycles. The van der Waals surface area contributed by atoms with Crippen molar-refractivity contribution >= 4 is 0 Å². The molecule has 112 valence electrons. The Labute approximate surface area is 128 Å². The number of aryl methyl sites for hydroxylation is 1. The molecule has 2 aromatic rings. The maximum absolute atomic E-state index is 6.06. The van der Waals surface area contributed by atoms with Crippen LogP contribution < -0.4 is 5.73 Å². The first-order valence-electron chi connectivity index (χ1n) is 7.63. The van der Waals surface area contributed by atoms with Gasteiger partial charge in [-0.1, -0.05) is 61.5 Å². The number of hydrogen-bond donors (Lipinski definition) is 1. The van der Waals surface area contributed by atoms with E-state index in [0.29, 0.717) is 18.5 Å². The third kappa shape index (κ3) is 3.93. The molecular formula is C19H26N2. The van der Waals surface area contributed by atoms with Gasteiger partial charge in [0.25, 0.3) is 0 Å². The predicted molar refractivity (Wildman–Crippen MR) is 90.3 cm³/mol. The van der Waals surface area contributed by atoms with Gasteiger partial charge < -0.3 is 5.73 Å². The lowest BCUT2D eigenvalue weighted by Gasteiger charge is -2.32. The molecule has 2 atom stereocenters. The van der Waals surface area contributed by atoms with E-state index < -0.39 is 0 Å². The fraction of sp³-hybridized carbons (Fsp3) is 0.368. The monoisotopic (exact) mass is 282 g/mol. The van der Waals surface area contributed by atoms with Gasteiger partial charge in [-0.25, -0.2) is 0 Å². The zero-order valence-corrected chi connectivity index (χ0v) is 13.3. The summed E-state index contributed by atoms with van der Waals surface area (Å²) < 4.78 is 0. The van der Waals surface area contributed by atoms with Crippen LogP contribution in [0.15, 0.2) is 54.6 Å². The molecule has 21 heavy (non-hydrogen) atoms. The van der Waals surface area contributed by atoms with Gasteiger partial charge in [-0.05, 0) is 36.6 Å². The Morgan fingerprint density at radius 1 is 1.00 bits per heavy atom. The van der Waals surface area contributed by atoms with Crippen molar-refractivity contribution in [2.45, 2.75) is 32.4 Å². The first-order valence-corrected chi connectivity index (χ1v) is 7.63. The van der Waals surface area contributed by atoms with Crippen molar-refractivity contribution < 1.29 is 0 Å². The van der Waals surface area contributed by atoms with Crippen molar-refractivity contribution in [3.63, 3.8) is 0 Å². The quantitative estimate of drug-likeness (QED) is 0.878. The number of benzene rings is 2. The Hall–Kier alpha value is -1.64. The number of rotatable bonds is 6. The summed E-state index contributed by atoms with van der Waals surface area (Å²) in [7, 11) is 2.17. The van der Waals surface area contributed by atoms with Crippen molar-refractivity contribution in [2.75, 3.05) is 13.6 Å². The fourth-order valence-electron chi connectivity index (χ4n) is 2.92. The van der Waals surface area contributed by atoms with Crippen LogP contribution in [-0.2, 0) is 6.54 Å². The number of likely N-dealkylation sites (N-methyl/N-ethyl adjacent to an activating group) is 1. The molecule has 0 fully saturated rings. The molecule has 2 heteroatoms. The smallest absolute Gasteiger partial charge is 0.0284 e. The zero-order chi connectivity index (χ0) is 15.2. The van der Waals surface area contributed by atoms with Gasteiger partial charge in [0, 0.05) is 19.1 Å². The molecule has 0 heterocycles. The van der Waals surface area contributed by atoms with E-state index in [9.17, 15) is 0 Å². The van der Waals surface area contributed by atoms with Crippen LogP contribution in [0.2, 0.25) is 0 Å². The lowest BCUT2D eigenvalue weighted by Crippen LogP contribution is -2.41. The van der Waals surface area contributed by atoms with Crippen LogP contribution in [0.3, 0.4) is 0 Å². The van der Waals surface area contributed by atoms with Gasteiger partial charge >= 0.3 is 0 Å². The van der Waals surface area contributed by atoms with Crippen LogP contribution in [0.1, 0.15) is 29.5 Å². The van der Waals surface area contributed by atoms with Gasteiger partial charge in [0.2, 0.25) is 0 Å². The minimum atomic E-state index is 0.340. The molecule has 0 spiro atoms. The first-order chi connectivity index (χ1) is 10.1. The average Bonchev–Trinajstić information content (AvgIpc) is 2.51. The number of nitrogens with zero attached hydrogens (tertiary/aromatic N) is 1. The molecule has 2 nitrogen and oxygen atoms in total. The van der Waals surface area contributed by atoms with Gasteiger partial charge in [-0.3, -0.25) is 4.90 Å². The average molecular weight is 282 g/mol. The second kappa shape index (κ2) is 7.39. The fourth-order valence-corrected chi connectivity index (χ4v) is 2.92. The Kier molecular flexibility index (Phi) is 5.54. The van der Waals surface area contributed by atoms with Crippen molar-refractivity contribution in [3.8, 4) is 0 Å². The lowest BCUT2D eigenvalue weighted by molar-refractivity contribution is 0.212. The molecule has 0 aromatic heterocycles. The number of nitrogens with two attached hydrogens (primary N) is 1. The minimum Gasteiger partial charge on any atom is -0.329 e. The van der Waals surface area contributed by atoms with E-state index in [2.05, 4.69) is 80.4 Å². The Bertz CT molecular complexity index is 551. The van der Waals surface area contributed by atoms with Crippen molar-refractivity contribution in [1.82, 2.24) is 4.90 Å². The lowest BCUT2D eigenvalue weighted by atomic mass is 9.92. The second-order valence-corrected chi connectivity index (χ2v) is 5.84. The summed E-state index contributed by atoms with van der Waals surface area (Å²) >= 11 is 0. The molecule has 2 rings (SSSR count). The molecule has 2 aromatic carbocycles. The third-order valence-corrected chi connectivity index (χ3v) is 4.39. The summed E-state index contributed by atoms with van der Waals surface area (Å²) in [6.45, 7) is 6.03. The van der Waals surface area contributed by atoms with Crippen LogP contribution in [0.4, 0.5) is 0 Å². The SMILES string of the molecule is Cc1ccccc1CN(C)C(CN)C(C)c1ccccc1. The van der Waals surface area contributed by atoms with E-state index in [-0.39, 0.29) is 0 Å². The highest BCUT2D eigenvalue weighted by Crippen LogP contribution is 2.23. The standard InChI is InChI=1S/C19H26N2/c1-15-9-7-8-12-18(15)14-21(3)19(13-20)16(2)17-10-5-4-6-11-17/h4-12,16,19H,13-14,20H2,1-3H3. The second-order valence-electron chi connectivity index (χ2n) is 5.84. The zero-order valence-electron chi connectivity index (χ0n) is 13.3. The topological polar surface area (TPSA) is 29.3 Å². The minimum absolute atomic E-state index is 0.340. The summed E-state index contributed by atoms with van der Waals surface area (Å²) in [4.78, 5) is 2.38. The molecule has 0 saturated heterocycles. The largest absolute Gasteiger partial charge is 0.329 e. The molecule has 0 bridgehead atoms. The van der Waals surface area contributed by atoms with Crippen LogP contribution in [0.25, 0.3) is 0 Å². The van der Waals surface area contributed by atoms with E-state index >= 15 is 0 Å². The third-order valence-electron chi connectivity index (χ3n) is 4.39. The van der Waals surface area contributed by atoms with Crippen molar-refractivity contribution in [2.24, 2.45) is 5.73 Å². The molecule has 2 N–H and O–H groups in total. The molecule has 0 amide bonds. The molecule has 0 aliphatic rings. The van der Waals surface area contributed by atoms with Crippen LogP contribution in [-0.4, -0.2) is 24.5 Å². The Balaban J connectivity index is 2.12. The Morgan fingerprint density at radius 3 is 2.24 bits per heavy atom. The summed E-state index contributed by atoms with van der Waals surface area (Å²) in [6, 6.07) is 19.5. The van der Waals surface area contributed by atoms with E-state index in [0.717, 1.165) is 6.54 Å². The van der Waals surface area contributed by atoms with Crippen molar-refractivity contribution in [1.29, 1.82) is 0 Å². The summed E-state index contributed by atoms with van der Waals surface area (Å²) in [5.41, 5.74) is 10.1. The highest BCUT2D eigenvalue weighted by Gasteiger charge is 2.22. The van der Waals surface area contributed by atoms with Gasteiger partial charge in [0.05, 0.1) is 0 Å². The summed E-state index contributed by atoms with van der Waals surface area (Å²) in [6.07, 6.45) is 0. The van der Waals surface area contributed by atoms with Crippen molar-refractivity contribution in [3.05, 3.63) is 71.3 Å². The van der Waals surface area contributed by atoms with Crippen LogP contribution in [0, 0.1) is 6.92 Å². The highest BCUT2D eigenvalue weighted by molar-refractivity contribution is 5.26. The van der Waals surface area contributed by atoms with E-state index in [1.165, 1.54) is 16.7 Å². The van der Waals surface area contributed by atoms with Crippen LogP contribution in [0.5, 0.6) is 0 Å².